The van der Waals surface area contributed by atoms with Gasteiger partial charge in [0.1, 0.15) is 18.2 Å². The summed E-state index contributed by atoms with van der Waals surface area (Å²) in [5.74, 6) is -0.176. The van der Waals surface area contributed by atoms with Crippen LogP contribution in [0, 0.1) is 5.82 Å². The summed E-state index contributed by atoms with van der Waals surface area (Å²) >= 11 is 0. The number of para-hydroxylation sites is 1. The zero-order valence-corrected chi connectivity index (χ0v) is 19.6. The Morgan fingerprint density at radius 2 is 1.85 bits per heavy atom. The monoisotopic (exact) mass is 461 g/mol. The van der Waals surface area contributed by atoms with Crippen LogP contribution in [0.4, 0.5) is 4.39 Å². The van der Waals surface area contributed by atoms with Crippen molar-refractivity contribution in [2.45, 2.75) is 64.0 Å². The van der Waals surface area contributed by atoms with Crippen LogP contribution in [-0.4, -0.2) is 11.1 Å². The molecule has 0 saturated heterocycles. The first-order valence-electron chi connectivity index (χ1n) is 12.0. The van der Waals surface area contributed by atoms with Gasteiger partial charge in [0, 0.05) is 22.7 Å². The lowest BCUT2D eigenvalue weighted by molar-refractivity contribution is -0.136. The third kappa shape index (κ3) is 5.65. The van der Waals surface area contributed by atoms with Crippen LogP contribution in [0.2, 0.25) is 0 Å². The number of carboxylic acids is 1. The Bertz CT molecular complexity index is 1150. The summed E-state index contributed by atoms with van der Waals surface area (Å²) in [6.45, 7) is 2.06. The molecule has 0 radical (unpaired) electrons. The number of hydrogen-bond donors (Lipinski definition) is 2. The minimum absolute atomic E-state index is 0.0984. The van der Waals surface area contributed by atoms with Crippen LogP contribution in [0.1, 0.15) is 73.2 Å². The molecule has 0 bridgehead atoms. The Hall–Kier alpha value is -3.18. The molecule has 34 heavy (non-hydrogen) atoms. The largest absolute Gasteiger partial charge is 0.489 e. The number of aliphatic carboxylic acids is 1. The van der Waals surface area contributed by atoms with Gasteiger partial charge in [0.15, 0.2) is 0 Å². The van der Waals surface area contributed by atoms with E-state index in [-0.39, 0.29) is 18.8 Å². The van der Waals surface area contributed by atoms with Gasteiger partial charge in [-0.3, -0.25) is 4.79 Å². The molecule has 1 aliphatic rings. The van der Waals surface area contributed by atoms with Crippen molar-refractivity contribution in [3.8, 4) is 16.9 Å². The first-order chi connectivity index (χ1) is 16.4. The molecule has 1 aliphatic carbocycles. The van der Waals surface area contributed by atoms with E-state index in [1.807, 2.05) is 18.2 Å². The highest BCUT2D eigenvalue weighted by Crippen LogP contribution is 2.37. The first kappa shape index (κ1) is 24.0. The van der Waals surface area contributed by atoms with Crippen LogP contribution in [0.3, 0.4) is 0 Å². The van der Waals surface area contributed by atoms with E-state index < -0.39 is 12.0 Å². The average Bonchev–Trinajstić information content (AvgIpc) is 2.83. The van der Waals surface area contributed by atoms with Crippen molar-refractivity contribution in [1.82, 2.24) is 0 Å². The topological polar surface area (TPSA) is 72.5 Å². The van der Waals surface area contributed by atoms with E-state index in [1.54, 1.807) is 37.3 Å². The molecular weight excluding hydrogens is 429 g/mol. The minimum Gasteiger partial charge on any atom is -0.489 e. The van der Waals surface area contributed by atoms with E-state index in [0.717, 1.165) is 24.0 Å². The number of hydrogen-bond acceptors (Lipinski definition) is 3. The predicted octanol–water partition coefficient (Wildman–Crippen LogP) is 6.77. The highest BCUT2D eigenvalue weighted by Gasteiger charge is 2.19. The van der Waals surface area contributed by atoms with Gasteiger partial charge in [-0.1, -0.05) is 67.8 Å². The number of rotatable bonds is 8. The van der Waals surface area contributed by atoms with Crippen LogP contribution in [-0.2, 0) is 17.8 Å². The molecule has 1 unspecified atom stereocenters. The minimum atomic E-state index is -0.901. The van der Waals surface area contributed by atoms with E-state index >= 15 is 4.39 Å². The fraction of sp³-hybridized carbons (Fsp3) is 0.345. The lowest BCUT2D eigenvalue weighted by Gasteiger charge is -2.24. The Morgan fingerprint density at radius 3 is 2.59 bits per heavy atom. The van der Waals surface area contributed by atoms with Crippen LogP contribution in [0.25, 0.3) is 11.1 Å². The second-order valence-electron chi connectivity index (χ2n) is 9.26. The zero-order valence-electron chi connectivity index (χ0n) is 19.6. The molecule has 0 spiro atoms. The highest BCUT2D eigenvalue weighted by molar-refractivity contribution is 5.71. The van der Waals surface area contributed by atoms with Gasteiger partial charge in [0.05, 0.1) is 6.42 Å². The molecule has 3 N–H and O–H groups in total. The van der Waals surface area contributed by atoms with Crippen molar-refractivity contribution in [2.75, 3.05) is 0 Å². The van der Waals surface area contributed by atoms with Crippen LogP contribution >= 0.6 is 0 Å². The van der Waals surface area contributed by atoms with Gasteiger partial charge in [-0.2, -0.15) is 0 Å². The maximum atomic E-state index is 15.4. The standard InChI is InChI=1S/C29H32FNO3/c1-19(31)25-11-7-12-26(29(25)30)24-15-20(14-23(16-24)21-8-3-2-4-9-21)18-34-27-13-6-5-10-22(27)17-28(32)33/h5-7,10-16,19,21H,2-4,8-9,17-18,31H2,1H3,(H,32,33). The molecule has 4 nitrogen and oxygen atoms in total. The molecule has 0 aliphatic heterocycles. The van der Waals surface area contributed by atoms with Gasteiger partial charge in [-0.25, -0.2) is 4.39 Å². The Morgan fingerprint density at radius 1 is 1.09 bits per heavy atom. The lowest BCUT2D eigenvalue weighted by atomic mass is 9.82. The number of carboxylic acid groups (broad SMARTS) is 1. The number of nitrogens with two attached hydrogens (primary N) is 1. The van der Waals surface area contributed by atoms with Crippen molar-refractivity contribution in [1.29, 1.82) is 0 Å². The normalized spacial score (nSPS) is 15.1. The van der Waals surface area contributed by atoms with E-state index in [4.69, 9.17) is 10.5 Å². The van der Waals surface area contributed by atoms with Crippen molar-refractivity contribution < 1.29 is 19.0 Å². The van der Waals surface area contributed by atoms with E-state index in [1.165, 1.54) is 24.8 Å². The predicted molar refractivity (Wildman–Crippen MR) is 132 cm³/mol. The van der Waals surface area contributed by atoms with Gasteiger partial charge >= 0.3 is 5.97 Å². The van der Waals surface area contributed by atoms with Crippen molar-refractivity contribution >= 4 is 5.97 Å². The smallest absolute Gasteiger partial charge is 0.307 e. The van der Waals surface area contributed by atoms with Gasteiger partial charge in [0.2, 0.25) is 0 Å². The summed E-state index contributed by atoms with van der Waals surface area (Å²) in [6, 6.07) is 18.4. The highest BCUT2D eigenvalue weighted by atomic mass is 19.1. The summed E-state index contributed by atoms with van der Waals surface area (Å²) in [6.07, 6.45) is 5.84. The summed E-state index contributed by atoms with van der Waals surface area (Å²) < 4.78 is 21.4. The fourth-order valence-electron chi connectivity index (χ4n) is 4.87. The summed E-state index contributed by atoms with van der Waals surface area (Å²) in [5.41, 5.74) is 10.6. The van der Waals surface area contributed by atoms with Gasteiger partial charge in [0.25, 0.3) is 0 Å². The van der Waals surface area contributed by atoms with Gasteiger partial charge in [-0.15, -0.1) is 0 Å². The Kier molecular flexibility index (Phi) is 7.63. The Labute approximate surface area is 200 Å². The fourth-order valence-corrected chi connectivity index (χ4v) is 4.87. The quantitative estimate of drug-likeness (QED) is 0.388. The molecule has 0 heterocycles. The van der Waals surface area contributed by atoms with Crippen molar-refractivity contribution in [3.63, 3.8) is 0 Å². The molecule has 4 rings (SSSR count). The summed E-state index contributed by atoms with van der Waals surface area (Å²) in [5, 5.41) is 9.21. The lowest BCUT2D eigenvalue weighted by Crippen LogP contribution is -2.09. The summed E-state index contributed by atoms with van der Waals surface area (Å²) in [7, 11) is 0. The number of halogens is 1. The average molecular weight is 462 g/mol. The van der Waals surface area contributed by atoms with Crippen molar-refractivity contribution in [2.24, 2.45) is 5.73 Å². The second kappa shape index (κ2) is 10.8. The SMILES string of the molecule is CC(N)c1cccc(-c2cc(COc3ccccc3CC(=O)O)cc(C3CCCCC3)c2)c1F. The molecule has 3 aromatic rings. The summed E-state index contributed by atoms with van der Waals surface area (Å²) in [4.78, 5) is 11.2. The first-order valence-corrected chi connectivity index (χ1v) is 12.0. The number of carbonyl (C=O) groups is 1. The zero-order chi connectivity index (χ0) is 24.1. The molecule has 178 valence electrons. The molecule has 1 atom stereocenters. The van der Waals surface area contributed by atoms with Crippen LogP contribution < -0.4 is 10.5 Å². The Balaban J connectivity index is 1.69. The van der Waals surface area contributed by atoms with Gasteiger partial charge < -0.3 is 15.6 Å². The maximum absolute atomic E-state index is 15.4. The molecule has 0 aromatic heterocycles. The van der Waals surface area contributed by atoms with Crippen LogP contribution in [0.15, 0.2) is 60.7 Å². The van der Waals surface area contributed by atoms with Crippen molar-refractivity contribution in [3.05, 3.63) is 88.7 Å². The molecular formula is C29H32FNO3. The molecule has 5 heteroatoms. The molecule has 3 aromatic carbocycles. The third-order valence-corrected chi connectivity index (χ3v) is 6.63. The third-order valence-electron chi connectivity index (χ3n) is 6.63. The molecule has 1 saturated carbocycles. The van der Waals surface area contributed by atoms with E-state index in [9.17, 15) is 9.90 Å². The second-order valence-corrected chi connectivity index (χ2v) is 9.26. The van der Waals surface area contributed by atoms with Gasteiger partial charge in [-0.05, 0) is 54.5 Å². The maximum Gasteiger partial charge on any atom is 0.307 e. The van der Waals surface area contributed by atoms with Crippen LogP contribution in [0.5, 0.6) is 5.75 Å². The van der Waals surface area contributed by atoms with E-state index in [2.05, 4.69) is 12.1 Å². The number of benzene rings is 3. The molecule has 0 amide bonds. The van der Waals surface area contributed by atoms with E-state index in [0.29, 0.717) is 28.4 Å². The molecule has 1 fully saturated rings. The number of ether oxygens (including phenoxy) is 1.